The summed E-state index contributed by atoms with van der Waals surface area (Å²) in [7, 11) is 1.89. The van der Waals surface area contributed by atoms with Gasteiger partial charge in [-0.25, -0.2) is 9.97 Å². The Kier molecular flexibility index (Phi) is 6.24. The van der Waals surface area contributed by atoms with Crippen molar-refractivity contribution in [1.29, 1.82) is 0 Å². The van der Waals surface area contributed by atoms with Crippen molar-refractivity contribution in [3.63, 3.8) is 0 Å². The zero-order valence-corrected chi connectivity index (χ0v) is 17.0. The standard InChI is InChI=1S/C20H29N7O2/c1-25-13-16(12-23-25)4-5-20(28)24-17-3-2-6-27(14-17)19-11-18(21-15-22-19)26-7-9-29-10-8-26/h11-13,15,17H,2-10,14H2,1H3,(H,24,28). The fourth-order valence-corrected chi connectivity index (χ4v) is 3.94. The molecule has 0 saturated carbocycles. The zero-order valence-electron chi connectivity index (χ0n) is 17.0. The number of hydrogen-bond acceptors (Lipinski definition) is 7. The van der Waals surface area contributed by atoms with E-state index in [1.165, 1.54) is 0 Å². The van der Waals surface area contributed by atoms with Crippen molar-refractivity contribution in [2.24, 2.45) is 7.05 Å². The highest BCUT2D eigenvalue weighted by atomic mass is 16.5. The molecule has 0 spiro atoms. The third-order valence-electron chi connectivity index (χ3n) is 5.48. The van der Waals surface area contributed by atoms with E-state index in [4.69, 9.17) is 4.74 Å². The normalized spacial score (nSPS) is 20.0. The molecule has 0 bridgehead atoms. The van der Waals surface area contributed by atoms with Gasteiger partial charge >= 0.3 is 0 Å². The number of morpholine rings is 1. The van der Waals surface area contributed by atoms with E-state index in [2.05, 4.69) is 36.2 Å². The van der Waals surface area contributed by atoms with E-state index in [0.29, 0.717) is 12.8 Å². The topological polar surface area (TPSA) is 88.4 Å². The van der Waals surface area contributed by atoms with Gasteiger partial charge in [-0.15, -0.1) is 0 Å². The highest BCUT2D eigenvalue weighted by Gasteiger charge is 2.23. The Balaban J connectivity index is 1.31. The molecule has 1 unspecified atom stereocenters. The number of carbonyl (C=O) groups excluding carboxylic acids is 1. The number of amides is 1. The van der Waals surface area contributed by atoms with Crippen molar-refractivity contribution in [3.05, 3.63) is 30.4 Å². The maximum Gasteiger partial charge on any atom is 0.220 e. The fraction of sp³-hybridized carbons (Fsp3) is 0.600. The van der Waals surface area contributed by atoms with Crippen molar-refractivity contribution in [2.75, 3.05) is 49.2 Å². The summed E-state index contributed by atoms with van der Waals surface area (Å²) >= 11 is 0. The number of aromatic nitrogens is 4. The van der Waals surface area contributed by atoms with E-state index in [9.17, 15) is 4.79 Å². The largest absolute Gasteiger partial charge is 0.378 e. The Morgan fingerprint density at radius 2 is 2.00 bits per heavy atom. The number of piperidine rings is 1. The molecule has 9 nitrogen and oxygen atoms in total. The molecule has 2 aromatic rings. The van der Waals surface area contributed by atoms with Gasteiger partial charge in [-0.05, 0) is 24.8 Å². The van der Waals surface area contributed by atoms with Crippen molar-refractivity contribution < 1.29 is 9.53 Å². The predicted octanol–water partition coefficient (Wildman–Crippen LogP) is 0.765. The molecule has 1 N–H and O–H groups in total. The first-order chi connectivity index (χ1) is 14.2. The molecule has 156 valence electrons. The molecule has 0 aromatic carbocycles. The van der Waals surface area contributed by atoms with Crippen LogP contribution < -0.4 is 15.1 Å². The number of hydrogen-bond donors (Lipinski definition) is 1. The Morgan fingerprint density at radius 1 is 1.21 bits per heavy atom. The second kappa shape index (κ2) is 9.21. The first-order valence-electron chi connectivity index (χ1n) is 10.3. The second-order valence-corrected chi connectivity index (χ2v) is 7.71. The summed E-state index contributed by atoms with van der Waals surface area (Å²) in [5, 5.41) is 7.35. The lowest BCUT2D eigenvalue weighted by atomic mass is 10.1. The van der Waals surface area contributed by atoms with Crippen LogP contribution in [0, 0.1) is 0 Å². The van der Waals surface area contributed by atoms with Gasteiger partial charge in [-0.1, -0.05) is 0 Å². The summed E-state index contributed by atoms with van der Waals surface area (Å²) in [6.07, 6.45) is 8.63. The molecule has 0 aliphatic carbocycles. The Hall–Kier alpha value is -2.68. The SMILES string of the molecule is Cn1cc(CCC(=O)NC2CCCN(c3cc(N4CCOCC4)ncn3)C2)cn1. The van der Waals surface area contributed by atoms with E-state index in [-0.39, 0.29) is 11.9 Å². The van der Waals surface area contributed by atoms with Crippen LogP contribution in [0.1, 0.15) is 24.8 Å². The predicted molar refractivity (Wildman–Crippen MR) is 110 cm³/mol. The molecular weight excluding hydrogens is 370 g/mol. The quantitative estimate of drug-likeness (QED) is 0.767. The molecule has 2 fully saturated rings. The fourth-order valence-electron chi connectivity index (χ4n) is 3.94. The smallest absolute Gasteiger partial charge is 0.220 e. The molecule has 4 heterocycles. The number of rotatable bonds is 6. The molecule has 0 radical (unpaired) electrons. The second-order valence-electron chi connectivity index (χ2n) is 7.71. The Bertz CT molecular complexity index is 819. The van der Waals surface area contributed by atoms with Gasteiger partial charge in [0, 0.05) is 58.0 Å². The van der Waals surface area contributed by atoms with Gasteiger partial charge in [-0.3, -0.25) is 9.48 Å². The molecular formula is C20H29N7O2. The lowest BCUT2D eigenvalue weighted by Gasteiger charge is -2.34. The minimum Gasteiger partial charge on any atom is -0.378 e. The molecule has 2 aliphatic rings. The molecule has 9 heteroatoms. The van der Waals surface area contributed by atoms with Gasteiger partial charge in [0.1, 0.15) is 18.0 Å². The summed E-state index contributed by atoms with van der Waals surface area (Å²) in [4.78, 5) is 25.8. The van der Waals surface area contributed by atoms with Crippen molar-refractivity contribution >= 4 is 17.5 Å². The molecule has 1 atom stereocenters. The van der Waals surface area contributed by atoms with E-state index in [1.54, 1.807) is 11.0 Å². The van der Waals surface area contributed by atoms with Crippen LogP contribution in [-0.2, 0) is 23.0 Å². The summed E-state index contributed by atoms with van der Waals surface area (Å²) < 4.78 is 7.19. The summed E-state index contributed by atoms with van der Waals surface area (Å²) in [6, 6.07) is 2.20. The van der Waals surface area contributed by atoms with Crippen LogP contribution in [0.4, 0.5) is 11.6 Å². The van der Waals surface area contributed by atoms with Crippen LogP contribution in [0.5, 0.6) is 0 Å². The molecule has 2 saturated heterocycles. The minimum atomic E-state index is 0.0948. The van der Waals surface area contributed by atoms with Crippen LogP contribution in [0.2, 0.25) is 0 Å². The highest BCUT2D eigenvalue weighted by Crippen LogP contribution is 2.22. The average Bonchev–Trinajstić information content (AvgIpc) is 3.18. The van der Waals surface area contributed by atoms with E-state index in [0.717, 1.165) is 69.4 Å². The first-order valence-corrected chi connectivity index (χ1v) is 10.3. The minimum absolute atomic E-state index is 0.0948. The maximum atomic E-state index is 12.4. The summed E-state index contributed by atoms with van der Waals surface area (Å²) in [5.41, 5.74) is 1.09. The number of nitrogens with zero attached hydrogens (tertiary/aromatic N) is 6. The maximum absolute atomic E-state index is 12.4. The first kappa shape index (κ1) is 19.6. The number of carbonyl (C=O) groups is 1. The van der Waals surface area contributed by atoms with Gasteiger partial charge in [0.2, 0.25) is 5.91 Å². The van der Waals surface area contributed by atoms with Crippen molar-refractivity contribution in [1.82, 2.24) is 25.1 Å². The van der Waals surface area contributed by atoms with Crippen molar-refractivity contribution in [2.45, 2.75) is 31.7 Å². The monoisotopic (exact) mass is 399 g/mol. The van der Waals surface area contributed by atoms with Crippen LogP contribution >= 0.6 is 0 Å². The lowest BCUT2D eigenvalue weighted by Crippen LogP contribution is -2.48. The van der Waals surface area contributed by atoms with Crippen LogP contribution in [0.15, 0.2) is 24.8 Å². The van der Waals surface area contributed by atoms with Crippen molar-refractivity contribution in [3.8, 4) is 0 Å². The van der Waals surface area contributed by atoms with Gasteiger partial charge in [0.15, 0.2) is 0 Å². The van der Waals surface area contributed by atoms with E-state index >= 15 is 0 Å². The van der Waals surface area contributed by atoms with Gasteiger partial charge in [0.05, 0.1) is 19.4 Å². The number of ether oxygens (including phenoxy) is 1. The average molecular weight is 399 g/mol. The zero-order chi connectivity index (χ0) is 20.1. The van der Waals surface area contributed by atoms with Gasteiger partial charge in [0.25, 0.3) is 0 Å². The Labute approximate surface area is 171 Å². The number of nitrogens with one attached hydrogen (secondary N) is 1. The van der Waals surface area contributed by atoms with Crippen LogP contribution in [0.3, 0.4) is 0 Å². The van der Waals surface area contributed by atoms with E-state index in [1.807, 2.05) is 19.4 Å². The molecule has 29 heavy (non-hydrogen) atoms. The number of anilines is 2. The highest BCUT2D eigenvalue weighted by molar-refractivity contribution is 5.76. The van der Waals surface area contributed by atoms with Gasteiger partial charge in [-0.2, -0.15) is 5.10 Å². The molecule has 2 aromatic heterocycles. The van der Waals surface area contributed by atoms with Crippen LogP contribution in [0.25, 0.3) is 0 Å². The summed E-state index contributed by atoms with van der Waals surface area (Å²) in [6.45, 7) is 4.89. The summed E-state index contributed by atoms with van der Waals surface area (Å²) in [5.74, 6) is 1.97. The lowest BCUT2D eigenvalue weighted by molar-refractivity contribution is -0.121. The molecule has 1 amide bonds. The van der Waals surface area contributed by atoms with Gasteiger partial charge < -0.3 is 19.9 Å². The third kappa shape index (κ3) is 5.23. The third-order valence-corrected chi connectivity index (χ3v) is 5.48. The molecule has 4 rings (SSSR count). The molecule has 2 aliphatic heterocycles. The van der Waals surface area contributed by atoms with E-state index < -0.39 is 0 Å². The number of aryl methyl sites for hydroxylation is 2. The van der Waals surface area contributed by atoms with Crippen LogP contribution in [-0.4, -0.2) is 71.1 Å². The Morgan fingerprint density at radius 3 is 2.76 bits per heavy atom.